The summed E-state index contributed by atoms with van der Waals surface area (Å²) in [6.07, 6.45) is 3.30. The summed E-state index contributed by atoms with van der Waals surface area (Å²) in [5, 5.41) is 5.78. The predicted molar refractivity (Wildman–Crippen MR) is 87.1 cm³/mol. The van der Waals surface area contributed by atoms with Gasteiger partial charge < -0.3 is 5.32 Å². The molecule has 19 heavy (non-hydrogen) atoms. The topological polar surface area (TPSA) is 54.0 Å². The van der Waals surface area contributed by atoms with Crippen molar-refractivity contribution in [1.82, 2.24) is 10.3 Å². The minimum Gasteiger partial charge on any atom is -0.331 e. The molecule has 0 atom stereocenters. The van der Waals surface area contributed by atoms with E-state index in [0.29, 0.717) is 5.56 Å². The maximum Gasteiger partial charge on any atom is 0.258 e. The Morgan fingerprint density at radius 3 is 2.68 bits per heavy atom. The monoisotopic (exact) mass is 383 g/mol. The molecule has 0 radical (unpaired) electrons. The molecule has 2 aromatic rings. The first-order chi connectivity index (χ1) is 9.16. The molecule has 0 spiro atoms. The van der Waals surface area contributed by atoms with Crippen molar-refractivity contribution in [2.24, 2.45) is 0 Å². The largest absolute Gasteiger partial charge is 0.331 e. The van der Waals surface area contributed by atoms with Crippen molar-refractivity contribution in [3.8, 4) is 0 Å². The first-order valence-electron chi connectivity index (χ1n) is 5.43. The van der Waals surface area contributed by atoms with E-state index in [0.717, 1.165) is 9.26 Å². The summed E-state index contributed by atoms with van der Waals surface area (Å²) in [7, 11) is 0. The van der Waals surface area contributed by atoms with Crippen LogP contribution in [-0.2, 0) is 0 Å². The van der Waals surface area contributed by atoms with Crippen LogP contribution >= 0.6 is 34.8 Å². The number of amides is 1. The van der Waals surface area contributed by atoms with Gasteiger partial charge in [-0.25, -0.2) is 0 Å². The Kier molecular flexibility index (Phi) is 4.80. The Hall–Kier alpha value is -1.54. The molecule has 4 nitrogen and oxygen atoms in total. The van der Waals surface area contributed by atoms with E-state index < -0.39 is 0 Å². The number of halogens is 1. The summed E-state index contributed by atoms with van der Waals surface area (Å²) < 4.78 is 0.877. The van der Waals surface area contributed by atoms with Crippen LogP contribution in [0.25, 0.3) is 0 Å². The third-order valence-electron chi connectivity index (χ3n) is 2.26. The second-order valence-corrected chi connectivity index (χ2v) is 5.20. The van der Waals surface area contributed by atoms with E-state index >= 15 is 0 Å². The van der Waals surface area contributed by atoms with Crippen molar-refractivity contribution >= 4 is 51.5 Å². The van der Waals surface area contributed by atoms with Crippen LogP contribution in [0.15, 0.2) is 48.8 Å². The van der Waals surface area contributed by atoms with Gasteiger partial charge in [0.15, 0.2) is 5.11 Å². The maximum atomic E-state index is 12.0. The van der Waals surface area contributed by atoms with Crippen LogP contribution in [0.4, 0.5) is 5.69 Å². The SMILES string of the molecule is O=C(NC(=S)Nc1cccnc1)c1ccccc1I. The van der Waals surface area contributed by atoms with Gasteiger partial charge in [-0.2, -0.15) is 0 Å². The van der Waals surface area contributed by atoms with Gasteiger partial charge in [0.25, 0.3) is 5.91 Å². The summed E-state index contributed by atoms with van der Waals surface area (Å²) in [6.45, 7) is 0. The van der Waals surface area contributed by atoms with Crippen molar-refractivity contribution in [3.05, 3.63) is 57.9 Å². The molecule has 0 saturated carbocycles. The van der Waals surface area contributed by atoms with Crippen molar-refractivity contribution in [2.75, 3.05) is 5.32 Å². The average Bonchev–Trinajstić information content (AvgIpc) is 2.40. The van der Waals surface area contributed by atoms with Gasteiger partial charge in [-0.1, -0.05) is 12.1 Å². The van der Waals surface area contributed by atoms with E-state index in [4.69, 9.17) is 12.2 Å². The number of nitrogens with zero attached hydrogens (tertiary/aromatic N) is 1. The van der Waals surface area contributed by atoms with E-state index in [1.165, 1.54) is 0 Å². The van der Waals surface area contributed by atoms with Gasteiger partial charge >= 0.3 is 0 Å². The molecule has 1 amide bonds. The summed E-state index contributed by atoms with van der Waals surface area (Å²) >= 11 is 7.19. The van der Waals surface area contributed by atoms with Crippen molar-refractivity contribution in [1.29, 1.82) is 0 Å². The van der Waals surface area contributed by atoms with E-state index in [-0.39, 0.29) is 11.0 Å². The normalized spacial score (nSPS) is 9.74. The third-order valence-corrected chi connectivity index (χ3v) is 3.41. The van der Waals surface area contributed by atoms with E-state index in [1.807, 2.05) is 24.3 Å². The molecule has 2 N–H and O–H groups in total. The minimum atomic E-state index is -0.230. The third kappa shape index (κ3) is 3.97. The molecule has 0 fully saturated rings. The maximum absolute atomic E-state index is 12.0. The van der Waals surface area contributed by atoms with Crippen LogP contribution in [0.1, 0.15) is 10.4 Å². The van der Waals surface area contributed by atoms with Gasteiger partial charge in [-0.05, 0) is 59.1 Å². The van der Waals surface area contributed by atoms with E-state index in [2.05, 4.69) is 38.2 Å². The second-order valence-electron chi connectivity index (χ2n) is 3.63. The van der Waals surface area contributed by atoms with Gasteiger partial charge in [0.1, 0.15) is 0 Å². The zero-order chi connectivity index (χ0) is 13.7. The highest BCUT2D eigenvalue weighted by atomic mass is 127. The zero-order valence-electron chi connectivity index (χ0n) is 9.76. The molecular weight excluding hydrogens is 373 g/mol. The first kappa shape index (κ1) is 13.9. The highest BCUT2D eigenvalue weighted by Gasteiger charge is 2.10. The predicted octanol–water partition coefficient (Wildman–Crippen LogP) is 2.81. The molecule has 1 heterocycles. The van der Waals surface area contributed by atoms with Crippen LogP contribution in [-0.4, -0.2) is 16.0 Å². The van der Waals surface area contributed by atoms with Gasteiger partial charge in [-0.15, -0.1) is 0 Å². The molecule has 1 aromatic heterocycles. The minimum absolute atomic E-state index is 0.230. The van der Waals surface area contributed by atoms with Crippen LogP contribution in [0, 0.1) is 3.57 Å². The number of carbonyl (C=O) groups is 1. The smallest absolute Gasteiger partial charge is 0.258 e. The zero-order valence-corrected chi connectivity index (χ0v) is 12.7. The first-order valence-corrected chi connectivity index (χ1v) is 6.92. The highest BCUT2D eigenvalue weighted by molar-refractivity contribution is 14.1. The number of benzene rings is 1. The van der Waals surface area contributed by atoms with Crippen molar-refractivity contribution in [3.63, 3.8) is 0 Å². The van der Waals surface area contributed by atoms with Crippen LogP contribution in [0.2, 0.25) is 0 Å². The lowest BCUT2D eigenvalue weighted by molar-refractivity contribution is 0.0977. The Morgan fingerprint density at radius 2 is 2.00 bits per heavy atom. The van der Waals surface area contributed by atoms with Crippen LogP contribution in [0.5, 0.6) is 0 Å². The van der Waals surface area contributed by atoms with E-state index in [1.54, 1.807) is 24.5 Å². The van der Waals surface area contributed by atoms with Gasteiger partial charge in [-0.3, -0.25) is 15.1 Å². The number of rotatable bonds is 2. The molecule has 1 aromatic carbocycles. The number of aromatic nitrogens is 1. The van der Waals surface area contributed by atoms with Gasteiger partial charge in [0.2, 0.25) is 0 Å². The van der Waals surface area contributed by atoms with Gasteiger partial charge in [0.05, 0.1) is 17.4 Å². The summed E-state index contributed by atoms with van der Waals surface area (Å²) in [6, 6.07) is 10.9. The Balaban J connectivity index is 2.00. The molecule has 2 rings (SSSR count). The number of hydrogen-bond acceptors (Lipinski definition) is 3. The fraction of sp³-hybridized carbons (Fsp3) is 0. The highest BCUT2D eigenvalue weighted by Crippen LogP contribution is 2.11. The van der Waals surface area contributed by atoms with Crippen molar-refractivity contribution < 1.29 is 4.79 Å². The lowest BCUT2D eigenvalue weighted by atomic mass is 10.2. The Bertz CT molecular complexity index is 604. The van der Waals surface area contributed by atoms with Crippen LogP contribution in [0.3, 0.4) is 0 Å². The molecule has 0 saturated heterocycles. The average molecular weight is 383 g/mol. The molecule has 0 bridgehead atoms. The molecule has 0 unspecified atom stereocenters. The number of pyridine rings is 1. The molecule has 0 aliphatic heterocycles. The van der Waals surface area contributed by atoms with Crippen LogP contribution < -0.4 is 10.6 Å². The number of anilines is 1. The standard InChI is InChI=1S/C13H10IN3OS/c14-11-6-2-1-5-10(11)12(18)17-13(19)16-9-4-3-7-15-8-9/h1-8H,(H2,16,17,18,19). The molecular formula is C13H10IN3OS. The summed E-state index contributed by atoms with van der Waals surface area (Å²) in [5.74, 6) is -0.230. The second kappa shape index (κ2) is 6.58. The fourth-order valence-electron chi connectivity index (χ4n) is 1.41. The number of hydrogen-bond donors (Lipinski definition) is 2. The Labute approximate surface area is 129 Å². The van der Waals surface area contributed by atoms with Gasteiger partial charge in [0, 0.05) is 9.77 Å². The number of thiocarbonyl (C=S) groups is 1. The lowest BCUT2D eigenvalue weighted by Gasteiger charge is -2.09. The molecule has 0 aliphatic rings. The molecule has 0 aliphatic carbocycles. The fourth-order valence-corrected chi connectivity index (χ4v) is 2.26. The molecule has 96 valence electrons. The van der Waals surface area contributed by atoms with Crippen molar-refractivity contribution in [2.45, 2.75) is 0 Å². The Morgan fingerprint density at radius 1 is 1.21 bits per heavy atom. The quantitative estimate of drug-likeness (QED) is 0.619. The number of carbonyl (C=O) groups excluding carboxylic acids is 1. The molecule has 6 heteroatoms. The lowest BCUT2D eigenvalue weighted by Crippen LogP contribution is -2.34. The van der Waals surface area contributed by atoms with E-state index in [9.17, 15) is 4.79 Å². The summed E-state index contributed by atoms with van der Waals surface area (Å²) in [5.41, 5.74) is 1.33. The summed E-state index contributed by atoms with van der Waals surface area (Å²) in [4.78, 5) is 16.0. The number of nitrogens with one attached hydrogen (secondary N) is 2.